The standard InChI is InChI=1S/C22H20N6/c1-28(20-4-2-3-19-17(20)8-10-25-19)22-26-13-16(21(23)27-22)12-14-5-6-18-15(11-14)7-9-24-18/h2-11,13,24-25H,12H2,1H3,(H2,23,26,27). The summed E-state index contributed by atoms with van der Waals surface area (Å²) in [7, 11) is 1.95. The van der Waals surface area contributed by atoms with Gasteiger partial charge in [0.2, 0.25) is 5.95 Å². The molecular weight excluding hydrogens is 348 g/mol. The summed E-state index contributed by atoms with van der Waals surface area (Å²) in [5, 5.41) is 2.31. The molecule has 0 atom stereocenters. The van der Waals surface area contributed by atoms with Crippen LogP contribution >= 0.6 is 0 Å². The molecule has 2 aromatic carbocycles. The van der Waals surface area contributed by atoms with Crippen molar-refractivity contribution < 1.29 is 0 Å². The topological polar surface area (TPSA) is 86.6 Å². The van der Waals surface area contributed by atoms with Gasteiger partial charge in [0.15, 0.2) is 0 Å². The van der Waals surface area contributed by atoms with Crippen LogP contribution in [-0.4, -0.2) is 27.0 Å². The highest BCUT2D eigenvalue weighted by molar-refractivity contribution is 5.93. The normalized spacial score (nSPS) is 11.3. The van der Waals surface area contributed by atoms with Gasteiger partial charge in [0.1, 0.15) is 5.82 Å². The number of aromatic amines is 2. The van der Waals surface area contributed by atoms with E-state index in [2.05, 4.69) is 56.3 Å². The van der Waals surface area contributed by atoms with Crippen molar-refractivity contribution in [1.29, 1.82) is 0 Å². The van der Waals surface area contributed by atoms with Crippen molar-refractivity contribution in [2.24, 2.45) is 0 Å². The van der Waals surface area contributed by atoms with Crippen molar-refractivity contribution in [2.75, 3.05) is 17.7 Å². The van der Waals surface area contributed by atoms with Crippen LogP contribution in [0.1, 0.15) is 11.1 Å². The van der Waals surface area contributed by atoms with Crippen LogP contribution in [-0.2, 0) is 6.42 Å². The van der Waals surface area contributed by atoms with Crippen LogP contribution in [0.5, 0.6) is 0 Å². The lowest BCUT2D eigenvalue weighted by atomic mass is 10.1. The highest BCUT2D eigenvalue weighted by Crippen LogP contribution is 2.29. The summed E-state index contributed by atoms with van der Waals surface area (Å²) in [4.78, 5) is 17.5. The third-order valence-electron chi connectivity index (χ3n) is 5.13. The fraction of sp³-hybridized carbons (Fsp3) is 0.0909. The average Bonchev–Trinajstić information content (AvgIpc) is 3.37. The summed E-state index contributed by atoms with van der Waals surface area (Å²) >= 11 is 0. The van der Waals surface area contributed by atoms with Crippen molar-refractivity contribution in [2.45, 2.75) is 6.42 Å². The maximum atomic E-state index is 6.28. The number of nitrogens with one attached hydrogen (secondary N) is 2. The monoisotopic (exact) mass is 368 g/mol. The van der Waals surface area contributed by atoms with Gasteiger partial charge < -0.3 is 20.6 Å². The van der Waals surface area contributed by atoms with Crippen LogP contribution in [0.25, 0.3) is 21.8 Å². The van der Waals surface area contributed by atoms with Crippen LogP contribution < -0.4 is 10.6 Å². The smallest absolute Gasteiger partial charge is 0.231 e. The Balaban J connectivity index is 1.45. The molecule has 6 nitrogen and oxygen atoms in total. The van der Waals surface area contributed by atoms with E-state index in [1.165, 1.54) is 10.9 Å². The second kappa shape index (κ2) is 6.42. The van der Waals surface area contributed by atoms with Gasteiger partial charge in [0, 0.05) is 54.0 Å². The molecule has 3 heterocycles. The summed E-state index contributed by atoms with van der Waals surface area (Å²) in [6.07, 6.45) is 6.40. The van der Waals surface area contributed by atoms with E-state index in [9.17, 15) is 0 Å². The minimum absolute atomic E-state index is 0.507. The van der Waals surface area contributed by atoms with E-state index in [1.54, 1.807) is 0 Å². The Kier molecular flexibility index (Phi) is 3.76. The molecule has 6 heteroatoms. The molecule has 0 aliphatic carbocycles. The molecule has 0 saturated heterocycles. The Morgan fingerprint density at radius 1 is 1.00 bits per heavy atom. The van der Waals surface area contributed by atoms with E-state index in [0.29, 0.717) is 18.2 Å². The number of nitrogens with zero attached hydrogens (tertiary/aromatic N) is 3. The van der Waals surface area contributed by atoms with Gasteiger partial charge in [0.05, 0.1) is 5.69 Å². The van der Waals surface area contributed by atoms with Crippen LogP contribution in [0.3, 0.4) is 0 Å². The molecule has 28 heavy (non-hydrogen) atoms. The first-order valence-electron chi connectivity index (χ1n) is 9.16. The van der Waals surface area contributed by atoms with Gasteiger partial charge in [-0.15, -0.1) is 0 Å². The van der Waals surface area contributed by atoms with E-state index in [1.807, 2.05) is 42.7 Å². The molecule has 0 unspecified atom stereocenters. The molecule has 0 amide bonds. The molecule has 0 fully saturated rings. The van der Waals surface area contributed by atoms with E-state index in [-0.39, 0.29) is 0 Å². The third kappa shape index (κ3) is 2.75. The second-order valence-electron chi connectivity index (χ2n) is 6.93. The number of hydrogen-bond acceptors (Lipinski definition) is 4. The summed E-state index contributed by atoms with van der Waals surface area (Å²) in [6, 6.07) is 16.6. The van der Waals surface area contributed by atoms with Crippen LogP contribution in [0, 0.1) is 0 Å². The van der Waals surface area contributed by atoms with Crippen molar-refractivity contribution in [1.82, 2.24) is 19.9 Å². The molecule has 0 radical (unpaired) electrons. The molecule has 5 aromatic rings. The maximum Gasteiger partial charge on any atom is 0.231 e. The van der Waals surface area contributed by atoms with Crippen LogP contribution in [0.15, 0.2) is 67.1 Å². The largest absolute Gasteiger partial charge is 0.383 e. The lowest BCUT2D eigenvalue weighted by Crippen LogP contribution is -2.15. The molecule has 138 valence electrons. The summed E-state index contributed by atoms with van der Waals surface area (Å²) in [5.41, 5.74) is 11.6. The Morgan fingerprint density at radius 2 is 1.86 bits per heavy atom. The quantitative estimate of drug-likeness (QED) is 0.439. The number of nitrogen functional groups attached to an aromatic ring is 1. The SMILES string of the molecule is CN(c1ncc(Cc2ccc3[nH]ccc3c2)c(N)n1)c1cccc2[nH]ccc12. The molecule has 3 aromatic heterocycles. The van der Waals surface area contributed by atoms with Gasteiger partial charge in [-0.3, -0.25) is 0 Å². The fourth-order valence-corrected chi connectivity index (χ4v) is 3.61. The summed E-state index contributed by atoms with van der Waals surface area (Å²) in [5.74, 6) is 1.09. The van der Waals surface area contributed by atoms with Crippen LogP contribution in [0.4, 0.5) is 17.5 Å². The Labute approximate surface area is 162 Å². The van der Waals surface area contributed by atoms with E-state index < -0.39 is 0 Å². The first kappa shape index (κ1) is 16.4. The number of H-pyrrole nitrogens is 2. The van der Waals surface area contributed by atoms with Crippen molar-refractivity contribution in [3.63, 3.8) is 0 Å². The average molecular weight is 368 g/mol. The zero-order chi connectivity index (χ0) is 19.1. The van der Waals surface area contributed by atoms with E-state index >= 15 is 0 Å². The fourth-order valence-electron chi connectivity index (χ4n) is 3.61. The zero-order valence-electron chi connectivity index (χ0n) is 15.5. The van der Waals surface area contributed by atoms with Crippen molar-refractivity contribution in [3.8, 4) is 0 Å². The van der Waals surface area contributed by atoms with E-state index in [4.69, 9.17) is 5.73 Å². The minimum atomic E-state index is 0.507. The first-order valence-corrected chi connectivity index (χ1v) is 9.16. The lowest BCUT2D eigenvalue weighted by Gasteiger charge is -2.19. The number of nitrogens with two attached hydrogens (primary N) is 1. The maximum absolute atomic E-state index is 6.28. The van der Waals surface area contributed by atoms with Gasteiger partial charge in [-0.05, 0) is 47.3 Å². The number of benzene rings is 2. The Morgan fingerprint density at radius 3 is 2.75 bits per heavy atom. The molecular formula is C22H20N6. The van der Waals surface area contributed by atoms with Gasteiger partial charge >= 0.3 is 0 Å². The van der Waals surface area contributed by atoms with Crippen molar-refractivity contribution in [3.05, 3.63) is 78.2 Å². The molecule has 4 N–H and O–H groups in total. The predicted octanol–water partition coefficient (Wildman–Crippen LogP) is 4.38. The second-order valence-corrected chi connectivity index (χ2v) is 6.93. The Bertz CT molecular complexity index is 1280. The highest BCUT2D eigenvalue weighted by Gasteiger charge is 2.13. The number of hydrogen-bond donors (Lipinski definition) is 3. The summed E-state index contributed by atoms with van der Waals surface area (Å²) < 4.78 is 0. The number of aromatic nitrogens is 4. The van der Waals surface area contributed by atoms with Gasteiger partial charge in [-0.2, -0.15) is 4.98 Å². The molecule has 0 spiro atoms. The van der Waals surface area contributed by atoms with Gasteiger partial charge in [-0.25, -0.2) is 4.98 Å². The third-order valence-corrected chi connectivity index (χ3v) is 5.13. The minimum Gasteiger partial charge on any atom is -0.383 e. The van der Waals surface area contributed by atoms with Gasteiger partial charge in [-0.1, -0.05) is 12.1 Å². The molecule has 0 saturated carbocycles. The molecule has 5 rings (SSSR count). The zero-order valence-corrected chi connectivity index (χ0v) is 15.5. The van der Waals surface area contributed by atoms with Crippen molar-refractivity contribution >= 4 is 39.3 Å². The van der Waals surface area contributed by atoms with Gasteiger partial charge in [0.25, 0.3) is 0 Å². The highest BCUT2D eigenvalue weighted by atomic mass is 15.2. The molecule has 0 bridgehead atoms. The Hall–Kier alpha value is -3.80. The number of anilines is 3. The first-order chi connectivity index (χ1) is 13.7. The van der Waals surface area contributed by atoms with Crippen LogP contribution in [0.2, 0.25) is 0 Å². The predicted molar refractivity (Wildman–Crippen MR) is 114 cm³/mol. The molecule has 0 aliphatic heterocycles. The lowest BCUT2D eigenvalue weighted by molar-refractivity contribution is 1.02. The number of fused-ring (bicyclic) bond motifs is 2. The summed E-state index contributed by atoms with van der Waals surface area (Å²) in [6.45, 7) is 0. The molecule has 0 aliphatic rings. The number of rotatable bonds is 4. The van der Waals surface area contributed by atoms with E-state index in [0.717, 1.165) is 27.7 Å².